The minimum Gasteiger partial charge on any atom is -0.392 e. The van der Waals surface area contributed by atoms with Gasteiger partial charge < -0.3 is 9.84 Å². The van der Waals surface area contributed by atoms with Crippen LogP contribution in [0.4, 0.5) is 0 Å². The predicted octanol–water partition coefficient (Wildman–Crippen LogP) is 2.03. The average molecular weight is 229 g/mol. The molecule has 0 spiro atoms. The first-order valence-corrected chi connectivity index (χ1v) is 6.09. The van der Waals surface area contributed by atoms with E-state index in [9.17, 15) is 5.11 Å². The third-order valence-corrected chi connectivity index (χ3v) is 3.34. The summed E-state index contributed by atoms with van der Waals surface area (Å²) in [4.78, 5) is 4.34. The van der Waals surface area contributed by atoms with E-state index in [2.05, 4.69) is 4.98 Å². The number of nitrogens with zero attached hydrogens (tertiary/aromatic N) is 1. The summed E-state index contributed by atoms with van der Waals surface area (Å²) in [6, 6.07) is 0. The molecule has 0 fully saturated rings. The van der Waals surface area contributed by atoms with Gasteiger partial charge in [0.2, 0.25) is 0 Å². The summed E-state index contributed by atoms with van der Waals surface area (Å²) in [5, 5.41) is 13.0. The van der Waals surface area contributed by atoms with Crippen LogP contribution in [0.2, 0.25) is 0 Å². The summed E-state index contributed by atoms with van der Waals surface area (Å²) in [6.45, 7) is 4.73. The molecule has 2 unspecified atom stereocenters. The molecule has 0 amide bonds. The number of methoxy groups -OCH3 is 1. The SMILES string of the molecule is COCCC(C)C(O)Cc1csc(C)n1. The molecular weight excluding hydrogens is 210 g/mol. The van der Waals surface area contributed by atoms with Gasteiger partial charge in [0.15, 0.2) is 0 Å². The molecule has 2 atom stereocenters. The van der Waals surface area contributed by atoms with Crippen LogP contribution >= 0.6 is 11.3 Å². The Morgan fingerprint density at radius 3 is 2.87 bits per heavy atom. The molecule has 0 aliphatic carbocycles. The second kappa shape index (κ2) is 6.20. The van der Waals surface area contributed by atoms with E-state index in [4.69, 9.17) is 4.74 Å². The molecule has 1 N–H and O–H groups in total. The molecule has 0 radical (unpaired) electrons. The Bertz CT molecular complexity index is 288. The zero-order valence-corrected chi connectivity index (χ0v) is 10.4. The summed E-state index contributed by atoms with van der Waals surface area (Å²) in [7, 11) is 1.68. The second-order valence-corrected chi connectivity index (χ2v) is 4.95. The number of aliphatic hydroxyl groups excluding tert-OH is 1. The predicted molar refractivity (Wildman–Crippen MR) is 62.2 cm³/mol. The smallest absolute Gasteiger partial charge is 0.0897 e. The molecule has 0 saturated carbocycles. The van der Waals surface area contributed by atoms with E-state index in [1.165, 1.54) is 0 Å². The van der Waals surface area contributed by atoms with Crippen molar-refractivity contribution in [3.05, 3.63) is 16.1 Å². The van der Waals surface area contributed by atoms with Crippen molar-refractivity contribution >= 4 is 11.3 Å². The topological polar surface area (TPSA) is 42.4 Å². The molecule has 1 aromatic heterocycles. The van der Waals surface area contributed by atoms with E-state index >= 15 is 0 Å². The van der Waals surface area contributed by atoms with Crippen LogP contribution < -0.4 is 0 Å². The van der Waals surface area contributed by atoms with Crippen LogP contribution in [0.3, 0.4) is 0 Å². The molecule has 1 rings (SSSR count). The van der Waals surface area contributed by atoms with Gasteiger partial charge in [-0.1, -0.05) is 6.92 Å². The maximum Gasteiger partial charge on any atom is 0.0897 e. The number of aromatic nitrogens is 1. The molecule has 4 heteroatoms. The van der Waals surface area contributed by atoms with Gasteiger partial charge in [-0.2, -0.15) is 0 Å². The Kier molecular flexibility index (Phi) is 5.22. The van der Waals surface area contributed by atoms with Crippen molar-refractivity contribution in [2.24, 2.45) is 5.92 Å². The van der Waals surface area contributed by atoms with Gasteiger partial charge in [-0.3, -0.25) is 0 Å². The highest BCUT2D eigenvalue weighted by Gasteiger charge is 2.15. The fourth-order valence-corrected chi connectivity index (χ4v) is 2.04. The van der Waals surface area contributed by atoms with E-state index in [0.717, 1.165) is 17.1 Å². The summed E-state index contributed by atoms with van der Waals surface area (Å²) in [5.41, 5.74) is 0.995. The lowest BCUT2D eigenvalue weighted by molar-refractivity contribution is 0.0881. The molecule has 3 nitrogen and oxygen atoms in total. The number of rotatable bonds is 6. The van der Waals surface area contributed by atoms with Crippen molar-refractivity contribution in [1.29, 1.82) is 0 Å². The van der Waals surface area contributed by atoms with E-state index in [1.807, 2.05) is 19.2 Å². The third kappa shape index (κ3) is 4.28. The van der Waals surface area contributed by atoms with Crippen molar-refractivity contribution in [3.63, 3.8) is 0 Å². The van der Waals surface area contributed by atoms with Crippen molar-refractivity contribution in [1.82, 2.24) is 4.98 Å². The minimum absolute atomic E-state index is 0.256. The minimum atomic E-state index is -0.318. The number of hydrogen-bond donors (Lipinski definition) is 1. The van der Waals surface area contributed by atoms with Gasteiger partial charge in [0.05, 0.1) is 16.8 Å². The molecule has 0 aliphatic rings. The Morgan fingerprint density at radius 1 is 1.60 bits per heavy atom. The number of ether oxygens (including phenoxy) is 1. The molecule has 0 saturated heterocycles. The highest BCUT2D eigenvalue weighted by atomic mass is 32.1. The van der Waals surface area contributed by atoms with Gasteiger partial charge in [0, 0.05) is 25.5 Å². The number of aliphatic hydroxyl groups is 1. The van der Waals surface area contributed by atoms with Gasteiger partial charge in [0.25, 0.3) is 0 Å². The van der Waals surface area contributed by atoms with Crippen molar-refractivity contribution < 1.29 is 9.84 Å². The zero-order chi connectivity index (χ0) is 11.3. The molecule has 86 valence electrons. The Hall–Kier alpha value is -0.450. The fourth-order valence-electron chi connectivity index (χ4n) is 1.41. The Balaban J connectivity index is 2.37. The summed E-state index contributed by atoms with van der Waals surface area (Å²) < 4.78 is 4.99. The fraction of sp³-hybridized carbons (Fsp3) is 0.727. The quantitative estimate of drug-likeness (QED) is 0.811. The van der Waals surface area contributed by atoms with Crippen LogP contribution in [-0.4, -0.2) is 29.9 Å². The van der Waals surface area contributed by atoms with Crippen LogP contribution in [0.5, 0.6) is 0 Å². The first-order valence-electron chi connectivity index (χ1n) is 5.21. The van der Waals surface area contributed by atoms with Crippen molar-refractivity contribution in [2.75, 3.05) is 13.7 Å². The molecular formula is C11H19NO2S. The van der Waals surface area contributed by atoms with E-state index in [-0.39, 0.29) is 12.0 Å². The first kappa shape index (κ1) is 12.6. The average Bonchev–Trinajstić information content (AvgIpc) is 2.60. The van der Waals surface area contributed by atoms with Crippen LogP contribution in [0.1, 0.15) is 24.0 Å². The molecule has 0 aliphatic heterocycles. The van der Waals surface area contributed by atoms with E-state index < -0.39 is 0 Å². The normalized spacial score (nSPS) is 15.2. The van der Waals surface area contributed by atoms with Gasteiger partial charge in [0.1, 0.15) is 0 Å². The third-order valence-electron chi connectivity index (χ3n) is 2.52. The molecule has 1 aromatic rings. The molecule has 0 aromatic carbocycles. The van der Waals surface area contributed by atoms with E-state index in [0.29, 0.717) is 13.0 Å². The largest absolute Gasteiger partial charge is 0.392 e. The van der Waals surface area contributed by atoms with Crippen LogP contribution in [-0.2, 0) is 11.2 Å². The van der Waals surface area contributed by atoms with Crippen molar-refractivity contribution in [3.8, 4) is 0 Å². The zero-order valence-electron chi connectivity index (χ0n) is 9.56. The van der Waals surface area contributed by atoms with Crippen LogP contribution in [0.25, 0.3) is 0 Å². The van der Waals surface area contributed by atoms with E-state index in [1.54, 1.807) is 18.4 Å². The number of hydrogen-bond acceptors (Lipinski definition) is 4. The molecule has 0 bridgehead atoms. The van der Waals surface area contributed by atoms with Gasteiger partial charge in [-0.15, -0.1) is 11.3 Å². The second-order valence-electron chi connectivity index (χ2n) is 3.89. The maximum absolute atomic E-state index is 9.92. The van der Waals surface area contributed by atoms with Crippen LogP contribution in [0.15, 0.2) is 5.38 Å². The van der Waals surface area contributed by atoms with Gasteiger partial charge >= 0.3 is 0 Å². The molecule has 1 heterocycles. The number of aryl methyl sites for hydroxylation is 1. The summed E-state index contributed by atoms with van der Waals surface area (Å²) in [6.07, 6.45) is 1.22. The highest BCUT2D eigenvalue weighted by molar-refractivity contribution is 7.09. The van der Waals surface area contributed by atoms with Crippen LogP contribution in [0, 0.1) is 12.8 Å². The lowest BCUT2D eigenvalue weighted by Crippen LogP contribution is -2.21. The lowest BCUT2D eigenvalue weighted by Gasteiger charge is -2.17. The first-order chi connectivity index (χ1) is 7.13. The monoisotopic (exact) mass is 229 g/mol. The lowest BCUT2D eigenvalue weighted by atomic mass is 9.98. The molecule has 15 heavy (non-hydrogen) atoms. The Labute approximate surface area is 95.1 Å². The summed E-state index contributed by atoms with van der Waals surface area (Å²) in [5.74, 6) is 0.256. The Morgan fingerprint density at radius 2 is 2.33 bits per heavy atom. The number of thiazole rings is 1. The van der Waals surface area contributed by atoms with Gasteiger partial charge in [-0.05, 0) is 19.3 Å². The maximum atomic E-state index is 9.92. The standard InChI is InChI=1S/C11H19NO2S/c1-8(4-5-14-3)11(13)6-10-7-15-9(2)12-10/h7-8,11,13H,4-6H2,1-3H3. The summed E-state index contributed by atoms with van der Waals surface area (Å²) >= 11 is 1.63. The van der Waals surface area contributed by atoms with Gasteiger partial charge in [-0.25, -0.2) is 4.98 Å². The highest BCUT2D eigenvalue weighted by Crippen LogP contribution is 2.15. The van der Waals surface area contributed by atoms with Crippen molar-refractivity contribution in [2.45, 2.75) is 32.8 Å².